The fraction of sp³-hybridized carbons (Fsp3) is 0.304. The first-order chi connectivity index (χ1) is 12.5. The van der Waals surface area contributed by atoms with E-state index in [0.29, 0.717) is 5.56 Å². The Morgan fingerprint density at radius 2 is 1.69 bits per heavy atom. The monoisotopic (exact) mass is 346 g/mol. The van der Waals surface area contributed by atoms with E-state index in [1.165, 1.54) is 5.56 Å². The van der Waals surface area contributed by atoms with Gasteiger partial charge in [0.2, 0.25) is 0 Å². The predicted octanol–water partition coefficient (Wildman–Crippen LogP) is 5.11. The molecule has 3 nitrogen and oxygen atoms in total. The molecule has 1 atom stereocenters. The topological polar surface area (TPSA) is 42.0 Å². The van der Waals surface area contributed by atoms with Crippen molar-refractivity contribution in [3.63, 3.8) is 0 Å². The first kappa shape index (κ1) is 18.1. The molecule has 26 heavy (non-hydrogen) atoms. The summed E-state index contributed by atoms with van der Waals surface area (Å²) in [4.78, 5) is 17.6. The summed E-state index contributed by atoms with van der Waals surface area (Å²) in [6.45, 7) is 6.26. The van der Waals surface area contributed by atoms with Gasteiger partial charge in [0.25, 0.3) is 5.91 Å². The van der Waals surface area contributed by atoms with Gasteiger partial charge in [-0.15, -0.1) is 0 Å². The third-order valence-electron chi connectivity index (χ3n) is 4.66. The van der Waals surface area contributed by atoms with Crippen molar-refractivity contribution in [2.45, 2.75) is 45.6 Å². The second-order valence-electron chi connectivity index (χ2n) is 7.17. The Morgan fingerprint density at radius 3 is 2.42 bits per heavy atom. The molecule has 1 aromatic heterocycles. The summed E-state index contributed by atoms with van der Waals surface area (Å²) in [7, 11) is 0. The molecule has 1 amide bonds. The molecule has 0 aliphatic carbocycles. The van der Waals surface area contributed by atoms with Gasteiger partial charge in [0, 0.05) is 17.1 Å². The van der Waals surface area contributed by atoms with E-state index < -0.39 is 0 Å². The summed E-state index contributed by atoms with van der Waals surface area (Å²) >= 11 is 0. The highest BCUT2D eigenvalue weighted by Crippen LogP contribution is 2.22. The molecule has 0 spiro atoms. The highest BCUT2D eigenvalue weighted by molar-refractivity contribution is 6.06. The van der Waals surface area contributed by atoms with Crippen LogP contribution in [0.1, 0.15) is 54.7 Å². The summed E-state index contributed by atoms with van der Waals surface area (Å²) in [5, 5.41) is 4.07. The van der Waals surface area contributed by atoms with Crippen molar-refractivity contribution < 1.29 is 4.79 Å². The molecular formula is C23H26N2O. The van der Waals surface area contributed by atoms with Crippen LogP contribution in [0.5, 0.6) is 0 Å². The number of hydrogen-bond donors (Lipinski definition) is 1. The largest absolute Gasteiger partial charge is 0.350 e. The van der Waals surface area contributed by atoms with Gasteiger partial charge in [-0.1, -0.05) is 62.4 Å². The van der Waals surface area contributed by atoms with Gasteiger partial charge in [0.05, 0.1) is 11.1 Å². The van der Waals surface area contributed by atoms with Gasteiger partial charge in [0.15, 0.2) is 0 Å². The molecule has 1 N–H and O–H groups in total. The average molecular weight is 346 g/mol. The van der Waals surface area contributed by atoms with E-state index in [9.17, 15) is 4.79 Å². The van der Waals surface area contributed by atoms with Crippen LogP contribution in [0.3, 0.4) is 0 Å². The number of para-hydroxylation sites is 1. The first-order valence-electron chi connectivity index (χ1n) is 9.29. The Labute approximate surface area is 155 Å². The lowest BCUT2D eigenvalue weighted by molar-refractivity contribution is 0.0940. The number of nitrogens with zero attached hydrogens (tertiary/aromatic N) is 1. The van der Waals surface area contributed by atoms with Crippen LogP contribution in [0.15, 0.2) is 60.7 Å². The van der Waals surface area contributed by atoms with Crippen LogP contribution in [0.25, 0.3) is 10.9 Å². The third kappa shape index (κ3) is 4.29. The van der Waals surface area contributed by atoms with Gasteiger partial charge in [-0.2, -0.15) is 0 Å². The van der Waals surface area contributed by atoms with Crippen LogP contribution >= 0.6 is 0 Å². The van der Waals surface area contributed by atoms with E-state index >= 15 is 0 Å². The molecule has 0 radical (unpaired) electrons. The fourth-order valence-corrected chi connectivity index (χ4v) is 3.08. The molecule has 3 heteroatoms. The summed E-state index contributed by atoms with van der Waals surface area (Å²) in [6.07, 6.45) is 1.87. The number of nitrogens with one attached hydrogen (secondary N) is 1. The van der Waals surface area contributed by atoms with E-state index in [4.69, 9.17) is 4.98 Å². The van der Waals surface area contributed by atoms with E-state index in [2.05, 4.69) is 50.4 Å². The van der Waals surface area contributed by atoms with E-state index in [-0.39, 0.29) is 17.9 Å². The zero-order valence-corrected chi connectivity index (χ0v) is 15.7. The van der Waals surface area contributed by atoms with Crippen LogP contribution in [0, 0.1) is 0 Å². The Morgan fingerprint density at radius 1 is 1.00 bits per heavy atom. The summed E-state index contributed by atoms with van der Waals surface area (Å²) in [6, 6.07) is 20.3. The summed E-state index contributed by atoms with van der Waals surface area (Å²) in [5.41, 5.74) is 3.84. The number of carbonyl (C=O) groups excluding carboxylic acids is 1. The van der Waals surface area contributed by atoms with Crippen molar-refractivity contribution >= 4 is 16.8 Å². The van der Waals surface area contributed by atoms with Crippen molar-refractivity contribution in [1.82, 2.24) is 10.3 Å². The molecule has 0 aliphatic rings. The molecule has 0 saturated heterocycles. The zero-order valence-electron chi connectivity index (χ0n) is 15.7. The standard InChI is InChI=1S/C23H26N2O/c1-16(2)22-15-20(19-11-7-8-12-21(19)25-22)23(26)24-17(3)13-14-18-9-5-4-6-10-18/h4-12,15-17H,13-14H2,1-3H3,(H,24,26). The van der Waals surface area contributed by atoms with E-state index in [1.807, 2.05) is 36.4 Å². The molecule has 2 aromatic carbocycles. The molecule has 0 aliphatic heterocycles. The van der Waals surface area contributed by atoms with Crippen LogP contribution in [-0.4, -0.2) is 16.9 Å². The number of aromatic nitrogens is 1. The van der Waals surface area contributed by atoms with Crippen molar-refractivity contribution in [2.75, 3.05) is 0 Å². The maximum absolute atomic E-state index is 12.9. The number of amides is 1. The number of rotatable bonds is 6. The maximum Gasteiger partial charge on any atom is 0.252 e. The Balaban J connectivity index is 1.76. The van der Waals surface area contributed by atoms with E-state index in [0.717, 1.165) is 29.4 Å². The molecular weight excluding hydrogens is 320 g/mol. The van der Waals surface area contributed by atoms with Crippen molar-refractivity contribution in [3.8, 4) is 0 Å². The zero-order chi connectivity index (χ0) is 18.5. The van der Waals surface area contributed by atoms with Gasteiger partial charge in [-0.25, -0.2) is 0 Å². The van der Waals surface area contributed by atoms with Gasteiger partial charge in [-0.05, 0) is 43.4 Å². The van der Waals surface area contributed by atoms with Gasteiger partial charge in [0.1, 0.15) is 0 Å². The molecule has 134 valence electrons. The summed E-state index contributed by atoms with van der Waals surface area (Å²) < 4.78 is 0. The molecule has 0 fully saturated rings. The third-order valence-corrected chi connectivity index (χ3v) is 4.66. The minimum Gasteiger partial charge on any atom is -0.350 e. The van der Waals surface area contributed by atoms with E-state index in [1.54, 1.807) is 0 Å². The highest BCUT2D eigenvalue weighted by Gasteiger charge is 2.16. The summed E-state index contributed by atoms with van der Waals surface area (Å²) in [5.74, 6) is 0.257. The molecule has 0 saturated carbocycles. The fourth-order valence-electron chi connectivity index (χ4n) is 3.08. The van der Waals surface area contributed by atoms with Crippen LogP contribution < -0.4 is 5.32 Å². The quantitative estimate of drug-likeness (QED) is 0.674. The minimum absolute atomic E-state index is 0.0222. The van der Waals surface area contributed by atoms with Crippen LogP contribution in [-0.2, 0) is 6.42 Å². The lowest BCUT2D eigenvalue weighted by Gasteiger charge is -2.16. The smallest absolute Gasteiger partial charge is 0.252 e. The Kier molecular flexibility index (Phi) is 5.67. The lowest BCUT2D eigenvalue weighted by Crippen LogP contribution is -2.33. The normalized spacial score (nSPS) is 12.3. The van der Waals surface area contributed by atoms with Crippen molar-refractivity contribution in [2.24, 2.45) is 0 Å². The average Bonchev–Trinajstić information content (AvgIpc) is 2.66. The first-order valence-corrected chi connectivity index (χ1v) is 9.29. The number of pyridine rings is 1. The second kappa shape index (κ2) is 8.13. The molecule has 0 bridgehead atoms. The van der Waals surface area contributed by atoms with Crippen LogP contribution in [0.2, 0.25) is 0 Å². The number of benzene rings is 2. The maximum atomic E-state index is 12.9. The number of fused-ring (bicyclic) bond motifs is 1. The van der Waals surface area contributed by atoms with Gasteiger partial charge >= 0.3 is 0 Å². The number of aryl methyl sites for hydroxylation is 1. The van der Waals surface area contributed by atoms with Crippen molar-refractivity contribution in [1.29, 1.82) is 0 Å². The van der Waals surface area contributed by atoms with Crippen molar-refractivity contribution in [3.05, 3.63) is 77.5 Å². The second-order valence-corrected chi connectivity index (χ2v) is 7.17. The van der Waals surface area contributed by atoms with Crippen LogP contribution in [0.4, 0.5) is 0 Å². The molecule has 3 aromatic rings. The predicted molar refractivity (Wildman–Crippen MR) is 108 cm³/mol. The van der Waals surface area contributed by atoms with Gasteiger partial charge < -0.3 is 5.32 Å². The Bertz CT molecular complexity index is 887. The number of carbonyl (C=O) groups is 1. The minimum atomic E-state index is -0.0222. The lowest BCUT2D eigenvalue weighted by atomic mass is 10.0. The molecule has 1 unspecified atom stereocenters. The number of hydrogen-bond acceptors (Lipinski definition) is 2. The molecule has 3 rings (SSSR count). The Hall–Kier alpha value is -2.68. The van der Waals surface area contributed by atoms with Gasteiger partial charge in [-0.3, -0.25) is 9.78 Å². The highest BCUT2D eigenvalue weighted by atomic mass is 16.1. The molecule has 1 heterocycles. The SMILES string of the molecule is CC(CCc1ccccc1)NC(=O)c1cc(C(C)C)nc2ccccc12.